The molecule has 5 nitrogen and oxygen atoms in total. The van der Waals surface area contributed by atoms with Crippen molar-refractivity contribution < 1.29 is 14.6 Å². The zero-order chi connectivity index (χ0) is 18.1. The summed E-state index contributed by atoms with van der Waals surface area (Å²) in [7, 11) is 0. The number of hydrogen-bond donors (Lipinski definition) is 1. The van der Waals surface area contributed by atoms with Crippen LogP contribution in [0.3, 0.4) is 0 Å². The quantitative estimate of drug-likeness (QED) is 0.855. The van der Waals surface area contributed by atoms with Crippen molar-refractivity contribution in [1.82, 2.24) is 9.88 Å². The molecule has 26 heavy (non-hydrogen) atoms. The summed E-state index contributed by atoms with van der Waals surface area (Å²) in [6.07, 6.45) is 8.67. The molecule has 4 rings (SSSR count). The van der Waals surface area contributed by atoms with Crippen LogP contribution >= 0.6 is 0 Å². The first-order valence-electron chi connectivity index (χ1n) is 9.05. The molecule has 0 radical (unpaired) electrons. The number of phenolic OH excluding ortho intramolecular Hbond substituents is 1. The van der Waals surface area contributed by atoms with Crippen LogP contribution in [-0.2, 0) is 6.54 Å². The Balaban J connectivity index is 1.71. The molecule has 0 bridgehead atoms. The minimum absolute atomic E-state index is 0.130. The summed E-state index contributed by atoms with van der Waals surface area (Å²) >= 11 is 0. The van der Waals surface area contributed by atoms with E-state index < -0.39 is 0 Å². The molecular weight excluding hydrogens is 328 g/mol. The van der Waals surface area contributed by atoms with E-state index in [0.717, 1.165) is 24.2 Å². The molecule has 0 saturated carbocycles. The number of Topliss-reactive ketones (excluding diaryl/α,β-unsaturated/α-hetero) is 1. The predicted octanol–water partition coefficient (Wildman–Crippen LogP) is 3.70. The highest BCUT2D eigenvalue weighted by Gasteiger charge is 2.33. The van der Waals surface area contributed by atoms with Crippen molar-refractivity contribution in [3.05, 3.63) is 58.6 Å². The smallest absolute Gasteiger partial charge is 0.232 e. The minimum atomic E-state index is -0.130. The van der Waals surface area contributed by atoms with Crippen LogP contribution in [0.2, 0.25) is 0 Å². The molecule has 0 amide bonds. The number of nitrogens with zero attached hydrogens (tertiary/aromatic N) is 2. The first kappa shape index (κ1) is 16.8. The van der Waals surface area contributed by atoms with Crippen molar-refractivity contribution in [2.75, 3.05) is 13.1 Å². The van der Waals surface area contributed by atoms with Gasteiger partial charge in [-0.3, -0.25) is 14.7 Å². The van der Waals surface area contributed by atoms with E-state index in [1.165, 1.54) is 19.3 Å². The Labute approximate surface area is 152 Å². The molecule has 2 aliphatic heterocycles. The zero-order valence-corrected chi connectivity index (χ0v) is 14.9. The first-order chi connectivity index (χ1) is 12.6. The summed E-state index contributed by atoms with van der Waals surface area (Å²) < 4.78 is 5.96. The Bertz CT molecular complexity index is 869. The fourth-order valence-corrected chi connectivity index (χ4v) is 3.68. The zero-order valence-electron chi connectivity index (χ0n) is 14.9. The molecule has 0 atom stereocenters. The number of aromatic nitrogens is 1. The van der Waals surface area contributed by atoms with E-state index in [1.807, 2.05) is 19.1 Å². The molecule has 0 aliphatic carbocycles. The maximum atomic E-state index is 12.9. The number of ether oxygens (including phenoxy) is 1. The van der Waals surface area contributed by atoms with Crippen LogP contribution in [-0.4, -0.2) is 33.9 Å². The summed E-state index contributed by atoms with van der Waals surface area (Å²) in [4.78, 5) is 19.2. The predicted molar refractivity (Wildman–Crippen MR) is 99.1 cm³/mol. The number of pyridine rings is 1. The van der Waals surface area contributed by atoms with Gasteiger partial charge >= 0.3 is 0 Å². The van der Waals surface area contributed by atoms with Crippen molar-refractivity contribution in [3.63, 3.8) is 0 Å². The lowest BCUT2D eigenvalue weighted by Crippen LogP contribution is -2.29. The number of rotatable bonds is 3. The van der Waals surface area contributed by atoms with Crippen LogP contribution in [0.25, 0.3) is 6.08 Å². The van der Waals surface area contributed by atoms with Gasteiger partial charge < -0.3 is 9.84 Å². The monoisotopic (exact) mass is 350 g/mol. The number of aryl methyl sites for hydroxylation is 1. The molecule has 1 fully saturated rings. The van der Waals surface area contributed by atoms with Gasteiger partial charge in [-0.05, 0) is 68.3 Å². The number of aromatic hydroxyl groups is 1. The number of likely N-dealkylation sites (tertiary alicyclic amines) is 1. The van der Waals surface area contributed by atoms with Crippen LogP contribution in [0.1, 0.15) is 46.3 Å². The molecule has 2 aromatic rings. The Morgan fingerprint density at radius 3 is 2.69 bits per heavy atom. The highest BCUT2D eigenvalue weighted by atomic mass is 16.5. The minimum Gasteiger partial charge on any atom is -0.507 e. The standard InChI is InChI=1S/C21H22N2O3/c1-14-11-17(24)16(13-23-9-3-2-4-10-23)21-19(14)20(25)18(26-21)12-15-5-7-22-8-6-15/h5-8,11-12,24H,2-4,9-10,13H2,1H3/b18-12-. The summed E-state index contributed by atoms with van der Waals surface area (Å²) in [5.74, 6) is 0.872. The van der Waals surface area contributed by atoms with Crippen LogP contribution in [0.15, 0.2) is 36.4 Å². The third-order valence-corrected chi connectivity index (χ3v) is 5.06. The molecule has 1 N–H and O–H groups in total. The van der Waals surface area contributed by atoms with Gasteiger partial charge in [0, 0.05) is 18.9 Å². The maximum Gasteiger partial charge on any atom is 0.232 e. The third kappa shape index (κ3) is 3.10. The number of piperidine rings is 1. The Morgan fingerprint density at radius 2 is 1.96 bits per heavy atom. The second-order valence-corrected chi connectivity index (χ2v) is 6.95. The number of hydrogen-bond acceptors (Lipinski definition) is 5. The van der Waals surface area contributed by atoms with Gasteiger partial charge in [0.2, 0.25) is 5.78 Å². The number of phenols is 1. The SMILES string of the molecule is Cc1cc(O)c(CN2CCCCC2)c2c1C(=O)/C(=C/c1ccncc1)O2. The van der Waals surface area contributed by atoms with Crippen molar-refractivity contribution >= 4 is 11.9 Å². The Morgan fingerprint density at radius 1 is 1.23 bits per heavy atom. The molecule has 2 aliphatic rings. The fourth-order valence-electron chi connectivity index (χ4n) is 3.68. The molecule has 5 heteroatoms. The molecule has 1 aromatic heterocycles. The Kier molecular flexibility index (Phi) is 4.47. The number of allylic oxidation sites excluding steroid dienone is 1. The van der Waals surface area contributed by atoms with Crippen LogP contribution in [0.4, 0.5) is 0 Å². The van der Waals surface area contributed by atoms with E-state index >= 15 is 0 Å². The van der Waals surface area contributed by atoms with Crippen LogP contribution in [0, 0.1) is 6.92 Å². The maximum absolute atomic E-state index is 12.9. The number of fused-ring (bicyclic) bond motifs is 1. The highest BCUT2D eigenvalue weighted by Crippen LogP contribution is 2.42. The third-order valence-electron chi connectivity index (χ3n) is 5.06. The molecular formula is C21H22N2O3. The summed E-state index contributed by atoms with van der Waals surface area (Å²) in [6.45, 7) is 4.45. The molecule has 0 spiro atoms. The summed E-state index contributed by atoms with van der Waals surface area (Å²) in [5, 5.41) is 10.5. The summed E-state index contributed by atoms with van der Waals surface area (Å²) in [5.41, 5.74) is 2.87. The van der Waals surface area contributed by atoms with E-state index in [1.54, 1.807) is 24.5 Å². The van der Waals surface area contributed by atoms with E-state index in [0.29, 0.717) is 29.2 Å². The largest absolute Gasteiger partial charge is 0.507 e. The van der Waals surface area contributed by atoms with Crippen molar-refractivity contribution in [2.24, 2.45) is 0 Å². The lowest BCUT2D eigenvalue weighted by molar-refractivity contribution is 0.101. The van der Waals surface area contributed by atoms with E-state index in [9.17, 15) is 9.90 Å². The van der Waals surface area contributed by atoms with Gasteiger partial charge in [-0.1, -0.05) is 6.42 Å². The van der Waals surface area contributed by atoms with Gasteiger partial charge in [0.05, 0.1) is 11.1 Å². The lowest BCUT2D eigenvalue weighted by Gasteiger charge is -2.27. The number of ketones is 1. The Hall–Kier alpha value is -2.66. The molecule has 1 saturated heterocycles. The van der Waals surface area contributed by atoms with Gasteiger partial charge in [-0.15, -0.1) is 0 Å². The van der Waals surface area contributed by atoms with E-state index in [4.69, 9.17) is 4.74 Å². The van der Waals surface area contributed by atoms with Crippen molar-refractivity contribution in [1.29, 1.82) is 0 Å². The second-order valence-electron chi connectivity index (χ2n) is 6.95. The molecule has 3 heterocycles. The number of carbonyl (C=O) groups excluding carboxylic acids is 1. The van der Waals surface area contributed by atoms with Crippen molar-refractivity contribution in [3.8, 4) is 11.5 Å². The van der Waals surface area contributed by atoms with Gasteiger partial charge in [-0.2, -0.15) is 0 Å². The number of carbonyl (C=O) groups is 1. The van der Waals surface area contributed by atoms with Gasteiger partial charge in [0.15, 0.2) is 5.76 Å². The highest BCUT2D eigenvalue weighted by molar-refractivity contribution is 6.15. The fraction of sp³-hybridized carbons (Fsp3) is 0.333. The van der Waals surface area contributed by atoms with E-state index in [2.05, 4.69) is 9.88 Å². The molecule has 1 aromatic carbocycles. The van der Waals surface area contributed by atoms with Crippen LogP contribution < -0.4 is 4.74 Å². The topological polar surface area (TPSA) is 62.7 Å². The lowest BCUT2D eigenvalue weighted by atomic mass is 9.98. The average molecular weight is 350 g/mol. The van der Waals surface area contributed by atoms with E-state index in [-0.39, 0.29) is 11.5 Å². The normalized spacial score (nSPS) is 18.8. The van der Waals surface area contributed by atoms with Crippen molar-refractivity contribution in [2.45, 2.75) is 32.7 Å². The molecule has 0 unspecified atom stereocenters. The van der Waals surface area contributed by atoms with Gasteiger partial charge in [-0.25, -0.2) is 0 Å². The second kappa shape index (κ2) is 6.92. The number of benzene rings is 1. The molecule has 134 valence electrons. The first-order valence-corrected chi connectivity index (χ1v) is 9.05. The van der Waals surface area contributed by atoms with Gasteiger partial charge in [0.25, 0.3) is 0 Å². The summed E-state index contributed by atoms with van der Waals surface area (Å²) in [6, 6.07) is 5.33. The van der Waals surface area contributed by atoms with Gasteiger partial charge in [0.1, 0.15) is 11.5 Å². The van der Waals surface area contributed by atoms with Crippen LogP contribution in [0.5, 0.6) is 11.5 Å². The average Bonchev–Trinajstić information content (AvgIpc) is 2.97.